The van der Waals surface area contributed by atoms with Gasteiger partial charge in [-0.15, -0.1) is 0 Å². The Morgan fingerprint density at radius 2 is 1.97 bits per heavy atom. The molecule has 10 heteroatoms. The van der Waals surface area contributed by atoms with Crippen LogP contribution in [0.4, 0.5) is 10.5 Å². The van der Waals surface area contributed by atoms with Gasteiger partial charge in [0.15, 0.2) is 6.61 Å². The van der Waals surface area contributed by atoms with Crippen LogP contribution in [0.1, 0.15) is 13.8 Å². The number of esters is 1. The fourth-order valence-corrected chi connectivity index (χ4v) is 4.07. The lowest BCUT2D eigenvalue weighted by Gasteiger charge is -2.16. The van der Waals surface area contributed by atoms with Crippen LogP contribution in [0.2, 0.25) is 0 Å². The van der Waals surface area contributed by atoms with Gasteiger partial charge < -0.3 is 15.0 Å². The van der Waals surface area contributed by atoms with Crippen LogP contribution in [0.5, 0.6) is 0 Å². The number of Topliss-reactive ketones (excluding diaryl/α,β-unsaturated/α-hetero) is 1. The lowest BCUT2D eigenvalue weighted by Crippen LogP contribution is -2.41. The highest BCUT2D eigenvalue weighted by Crippen LogP contribution is 2.46. The molecule has 0 bridgehead atoms. The van der Waals surface area contributed by atoms with Gasteiger partial charge in [-0.1, -0.05) is 23.9 Å². The molecule has 1 N–H and O–H groups in total. The summed E-state index contributed by atoms with van der Waals surface area (Å²) in [4.78, 5) is 51.8. The van der Waals surface area contributed by atoms with Crippen LogP contribution in [0.25, 0.3) is 0 Å². The number of nitriles is 1. The van der Waals surface area contributed by atoms with Crippen LogP contribution < -0.4 is 10.2 Å². The Balaban J connectivity index is 1.65. The number of urea groups is 1. The average molecular weight is 414 g/mol. The summed E-state index contributed by atoms with van der Waals surface area (Å²) in [6, 6.07) is 8.63. The second kappa shape index (κ2) is 7.60. The lowest BCUT2D eigenvalue weighted by atomic mass is 10.1. The highest BCUT2D eigenvalue weighted by molar-refractivity contribution is 8.03. The predicted octanol–water partition coefficient (Wildman–Crippen LogP) is 1.41. The van der Waals surface area contributed by atoms with Crippen LogP contribution in [-0.4, -0.2) is 54.3 Å². The molecule has 2 heterocycles. The van der Waals surface area contributed by atoms with Crippen molar-refractivity contribution in [1.82, 2.24) is 10.2 Å². The molecule has 1 aromatic rings. The molecule has 0 spiro atoms. The highest BCUT2D eigenvalue weighted by atomic mass is 32.2. The van der Waals surface area contributed by atoms with Crippen molar-refractivity contribution in [3.05, 3.63) is 34.9 Å². The average Bonchev–Trinajstić information content (AvgIpc) is 3.09. The lowest BCUT2D eigenvalue weighted by molar-refractivity contribution is -0.149. The first-order chi connectivity index (χ1) is 13.7. The Kier molecular flexibility index (Phi) is 5.35. The number of carbonyl (C=O) groups excluding carboxylic acids is 4. The number of anilines is 1. The fraction of sp³-hybridized carbons (Fsp3) is 0.316. The van der Waals surface area contributed by atoms with Crippen LogP contribution in [0, 0.1) is 11.3 Å². The van der Waals surface area contributed by atoms with Crippen molar-refractivity contribution in [2.75, 3.05) is 25.1 Å². The number of hydrogen-bond acceptors (Lipinski definition) is 8. The zero-order chi connectivity index (χ0) is 21.3. The van der Waals surface area contributed by atoms with Crippen molar-refractivity contribution < 1.29 is 23.9 Å². The number of carbonyl (C=O) groups is 4. The van der Waals surface area contributed by atoms with Crippen molar-refractivity contribution in [3.63, 3.8) is 0 Å². The van der Waals surface area contributed by atoms with E-state index in [2.05, 4.69) is 5.32 Å². The Morgan fingerprint density at radius 3 is 2.55 bits per heavy atom. The van der Waals surface area contributed by atoms with Gasteiger partial charge in [0.05, 0.1) is 5.69 Å². The molecule has 1 fully saturated rings. The number of imide groups is 1. The summed E-state index contributed by atoms with van der Waals surface area (Å²) in [5.74, 6) is -2.15. The minimum absolute atomic E-state index is 0.127. The third kappa shape index (κ3) is 3.82. The van der Waals surface area contributed by atoms with Crippen molar-refractivity contribution in [1.29, 1.82) is 5.26 Å². The number of benzene rings is 1. The maximum absolute atomic E-state index is 12.5. The van der Waals surface area contributed by atoms with Gasteiger partial charge in [-0.2, -0.15) is 5.26 Å². The maximum Gasteiger partial charge on any atom is 0.326 e. The summed E-state index contributed by atoms with van der Waals surface area (Å²) >= 11 is 1.28. The Morgan fingerprint density at radius 1 is 1.28 bits per heavy atom. The van der Waals surface area contributed by atoms with E-state index in [0.717, 1.165) is 15.5 Å². The molecule has 9 nitrogen and oxygen atoms in total. The molecule has 2 aliphatic heterocycles. The summed E-state index contributed by atoms with van der Waals surface area (Å²) in [6.45, 7) is 1.76. The third-order valence-corrected chi connectivity index (χ3v) is 5.67. The molecule has 2 aliphatic rings. The van der Waals surface area contributed by atoms with E-state index in [1.165, 1.54) is 25.6 Å². The third-order valence-electron chi connectivity index (χ3n) is 4.44. The number of amides is 3. The zero-order valence-corrected chi connectivity index (χ0v) is 16.8. The second-order valence-electron chi connectivity index (χ2n) is 6.95. The number of ether oxygens (including phenoxy) is 1. The van der Waals surface area contributed by atoms with E-state index in [9.17, 15) is 24.4 Å². The summed E-state index contributed by atoms with van der Waals surface area (Å²) < 4.78 is 4.91. The summed E-state index contributed by atoms with van der Waals surface area (Å²) in [6.07, 6.45) is 0. The van der Waals surface area contributed by atoms with Gasteiger partial charge in [-0.05, 0) is 26.0 Å². The topological polar surface area (TPSA) is 120 Å². The molecule has 0 atom stereocenters. The summed E-state index contributed by atoms with van der Waals surface area (Å²) in [5, 5.41) is 12.4. The van der Waals surface area contributed by atoms with Gasteiger partial charge in [0, 0.05) is 11.9 Å². The van der Waals surface area contributed by atoms with Crippen molar-refractivity contribution in [3.8, 4) is 6.07 Å². The van der Waals surface area contributed by atoms with Crippen LogP contribution >= 0.6 is 11.8 Å². The smallest absolute Gasteiger partial charge is 0.326 e. The molecule has 3 rings (SSSR count). The molecule has 3 amide bonds. The monoisotopic (exact) mass is 414 g/mol. The van der Waals surface area contributed by atoms with E-state index in [1.54, 1.807) is 11.9 Å². The maximum atomic E-state index is 12.5. The first kappa shape index (κ1) is 20.4. The number of thioether (sulfide) groups is 1. The van der Waals surface area contributed by atoms with Crippen molar-refractivity contribution >= 4 is 41.1 Å². The number of fused-ring (bicyclic) bond motifs is 1. The van der Waals surface area contributed by atoms with Gasteiger partial charge in [0.25, 0.3) is 5.91 Å². The molecule has 1 saturated heterocycles. The summed E-state index contributed by atoms with van der Waals surface area (Å²) in [7, 11) is 1.74. The first-order valence-corrected chi connectivity index (χ1v) is 9.45. The molecule has 1 aromatic carbocycles. The Hall–Kier alpha value is -3.32. The minimum Gasteiger partial charge on any atom is -0.456 e. The van der Waals surface area contributed by atoms with Gasteiger partial charge >= 0.3 is 12.0 Å². The molecular formula is C19H18N4O5S. The van der Waals surface area contributed by atoms with E-state index in [-0.39, 0.29) is 5.57 Å². The SMILES string of the molecule is CN1/C(=C(\C#N)C(=O)COC(=O)CN2C(=O)NC(C)(C)C2=O)Sc2ccccc21. The van der Waals surface area contributed by atoms with Crippen LogP contribution in [0.3, 0.4) is 0 Å². The number of rotatable bonds is 5. The number of ketones is 1. The number of nitrogens with one attached hydrogen (secondary N) is 1. The second-order valence-corrected chi connectivity index (χ2v) is 7.98. The fourth-order valence-electron chi connectivity index (χ4n) is 2.91. The van der Waals surface area contributed by atoms with E-state index in [1.807, 2.05) is 30.3 Å². The number of hydrogen-bond donors (Lipinski definition) is 1. The van der Waals surface area contributed by atoms with Crippen LogP contribution in [-0.2, 0) is 19.1 Å². The van der Waals surface area contributed by atoms with Crippen molar-refractivity contribution in [2.45, 2.75) is 24.3 Å². The van der Waals surface area contributed by atoms with Gasteiger partial charge in [0.1, 0.15) is 28.8 Å². The summed E-state index contributed by atoms with van der Waals surface area (Å²) in [5.41, 5.74) is -0.367. The molecule has 0 radical (unpaired) electrons. The molecule has 150 valence electrons. The van der Waals surface area contributed by atoms with Gasteiger partial charge in [-0.3, -0.25) is 19.3 Å². The van der Waals surface area contributed by atoms with Crippen LogP contribution in [0.15, 0.2) is 39.8 Å². The molecule has 0 aliphatic carbocycles. The van der Waals surface area contributed by atoms with Gasteiger partial charge in [0.2, 0.25) is 5.78 Å². The van der Waals surface area contributed by atoms with E-state index in [0.29, 0.717) is 5.03 Å². The number of para-hydroxylation sites is 1. The molecular weight excluding hydrogens is 396 g/mol. The normalized spacial score (nSPS) is 18.8. The molecule has 0 unspecified atom stereocenters. The number of nitrogens with zero attached hydrogens (tertiary/aromatic N) is 3. The highest BCUT2D eigenvalue weighted by Gasteiger charge is 2.45. The van der Waals surface area contributed by atoms with E-state index >= 15 is 0 Å². The standard InChI is InChI=1S/C19H18N4O5S/c1-19(2)17(26)23(18(27)21-19)9-15(25)28-10-13(24)11(8-20)16-22(3)12-6-4-5-7-14(12)29-16/h4-7H,9-10H2,1-3H3,(H,21,27)/b16-11-. The zero-order valence-electron chi connectivity index (χ0n) is 16.0. The molecule has 0 saturated carbocycles. The van der Waals surface area contributed by atoms with E-state index < -0.39 is 42.4 Å². The Bertz CT molecular complexity index is 995. The molecule has 0 aromatic heterocycles. The first-order valence-electron chi connectivity index (χ1n) is 8.63. The Labute approximate surface area is 171 Å². The quantitative estimate of drug-likeness (QED) is 0.332. The largest absolute Gasteiger partial charge is 0.456 e. The van der Waals surface area contributed by atoms with Crippen molar-refractivity contribution in [2.24, 2.45) is 0 Å². The van der Waals surface area contributed by atoms with E-state index in [4.69, 9.17) is 4.74 Å². The molecule has 29 heavy (non-hydrogen) atoms. The van der Waals surface area contributed by atoms with Gasteiger partial charge in [-0.25, -0.2) is 4.79 Å². The minimum atomic E-state index is -1.11. The predicted molar refractivity (Wildman–Crippen MR) is 104 cm³/mol.